The Balaban J connectivity index is 1.92. The lowest BCUT2D eigenvalue weighted by Gasteiger charge is -2.41. The standard InChI is InChI=1S/C15H22INO4/c1-19-14(18)7-5-12-9-15(10-16)13(20-12)6-4-11(21-15)3-2-8-17/h11-13H,2-7,9-10H2,1H3/t11?,12?,13-,15?/m0/s1. The summed E-state index contributed by atoms with van der Waals surface area (Å²) >= 11 is 2.36. The summed E-state index contributed by atoms with van der Waals surface area (Å²) in [7, 11) is 1.41. The molecular formula is C15H22INO4. The molecule has 0 spiro atoms. The van der Waals surface area contributed by atoms with E-state index in [1.807, 2.05) is 0 Å². The van der Waals surface area contributed by atoms with E-state index in [0.717, 1.165) is 30.1 Å². The van der Waals surface area contributed by atoms with Gasteiger partial charge in [-0.1, -0.05) is 22.6 Å². The highest BCUT2D eigenvalue weighted by Crippen LogP contribution is 2.44. The molecule has 118 valence electrons. The van der Waals surface area contributed by atoms with Crippen LogP contribution in [0.3, 0.4) is 0 Å². The van der Waals surface area contributed by atoms with Gasteiger partial charge in [0.2, 0.25) is 0 Å². The van der Waals surface area contributed by atoms with Crippen molar-refractivity contribution in [3.8, 4) is 6.07 Å². The Labute approximate surface area is 139 Å². The van der Waals surface area contributed by atoms with E-state index in [2.05, 4.69) is 33.4 Å². The summed E-state index contributed by atoms with van der Waals surface area (Å²) < 4.78 is 18.0. The van der Waals surface area contributed by atoms with Crippen molar-refractivity contribution in [3.63, 3.8) is 0 Å². The van der Waals surface area contributed by atoms with Gasteiger partial charge in [-0.15, -0.1) is 0 Å². The normalized spacial score (nSPS) is 35.0. The molecule has 0 radical (unpaired) electrons. The number of ether oxygens (including phenoxy) is 3. The first-order valence-corrected chi connectivity index (χ1v) is 8.99. The predicted octanol–water partition coefficient (Wildman–Crippen LogP) is 2.75. The third-order valence-corrected chi connectivity index (χ3v) is 5.66. The molecule has 21 heavy (non-hydrogen) atoms. The summed E-state index contributed by atoms with van der Waals surface area (Å²) in [6, 6.07) is 2.19. The maximum absolute atomic E-state index is 11.3. The molecule has 0 aromatic rings. The van der Waals surface area contributed by atoms with E-state index < -0.39 is 0 Å². The van der Waals surface area contributed by atoms with E-state index >= 15 is 0 Å². The van der Waals surface area contributed by atoms with E-state index in [-0.39, 0.29) is 29.9 Å². The molecule has 0 bridgehead atoms. The first-order valence-electron chi connectivity index (χ1n) is 7.46. The highest BCUT2D eigenvalue weighted by atomic mass is 127. The van der Waals surface area contributed by atoms with Gasteiger partial charge in [0.15, 0.2) is 0 Å². The molecule has 0 aliphatic carbocycles. The van der Waals surface area contributed by atoms with Gasteiger partial charge in [0.1, 0.15) is 5.60 Å². The first kappa shape index (κ1) is 17.0. The molecule has 0 aromatic carbocycles. The minimum atomic E-state index is -0.236. The predicted molar refractivity (Wildman–Crippen MR) is 85.1 cm³/mol. The lowest BCUT2D eigenvalue weighted by Crippen LogP contribution is -2.49. The lowest BCUT2D eigenvalue weighted by molar-refractivity contribution is -0.153. The highest BCUT2D eigenvalue weighted by molar-refractivity contribution is 14.1. The fourth-order valence-electron chi connectivity index (χ4n) is 3.26. The molecule has 2 rings (SSSR count). The summed E-state index contributed by atoms with van der Waals surface area (Å²) in [5.41, 5.74) is -0.236. The maximum Gasteiger partial charge on any atom is 0.305 e. The number of carbonyl (C=O) groups excluding carboxylic acids is 1. The molecule has 0 saturated carbocycles. The van der Waals surface area contributed by atoms with Crippen LogP contribution in [-0.4, -0.2) is 41.4 Å². The van der Waals surface area contributed by atoms with Crippen molar-refractivity contribution in [1.29, 1.82) is 5.26 Å². The molecule has 2 saturated heterocycles. The Hall–Kier alpha value is -0.390. The minimum Gasteiger partial charge on any atom is -0.469 e. The zero-order valence-electron chi connectivity index (χ0n) is 12.3. The zero-order chi connectivity index (χ0) is 15.3. The molecule has 2 fully saturated rings. The topological polar surface area (TPSA) is 68.5 Å². The van der Waals surface area contributed by atoms with Crippen molar-refractivity contribution in [2.45, 2.75) is 68.9 Å². The number of rotatable bonds is 6. The van der Waals surface area contributed by atoms with Gasteiger partial charge in [-0.05, 0) is 25.7 Å². The molecule has 0 aromatic heterocycles. The van der Waals surface area contributed by atoms with Crippen LogP contribution in [0.2, 0.25) is 0 Å². The second-order valence-corrected chi connectivity index (χ2v) is 6.54. The summed E-state index contributed by atoms with van der Waals surface area (Å²) in [5.74, 6) is -0.190. The summed E-state index contributed by atoms with van der Waals surface area (Å²) in [6.45, 7) is 0. The van der Waals surface area contributed by atoms with E-state index in [1.165, 1.54) is 7.11 Å². The molecule has 0 N–H and O–H groups in total. The van der Waals surface area contributed by atoms with Crippen molar-refractivity contribution in [1.82, 2.24) is 0 Å². The van der Waals surface area contributed by atoms with E-state index in [0.29, 0.717) is 19.3 Å². The highest BCUT2D eigenvalue weighted by Gasteiger charge is 2.52. The van der Waals surface area contributed by atoms with Crippen molar-refractivity contribution in [2.75, 3.05) is 11.5 Å². The summed E-state index contributed by atoms with van der Waals surface area (Å²) in [5, 5.41) is 8.72. The van der Waals surface area contributed by atoms with Crippen LogP contribution in [0.5, 0.6) is 0 Å². The molecule has 2 heterocycles. The Bertz CT molecular complexity index is 411. The average Bonchev–Trinajstić information content (AvgIpc) is 2.88. The number of alkyl halides is 1. The molecular weight excluding hydrogens is 385 g/mol. The largest absolute Gasteiger partial charge is 0.469 e. The fourth-order valence-corrected chi connectivity index (χ4v) is 4.24. The molecule has 2 aliphatic rings. The smallest absolute Gasteiger partial charge is 0.305 e. The number of nitriles is 1. The second-order valence-electron chi connectivity index (χ2n) is 5.78. The molecule has 2 aliphatic heterocycles. The third kappa shape index (κ3) is 4.08. The summed E-state index contributed by atoms with van der Waals surface area (Å²) in [4.78, 5) is 11.3. The van der Waals surface area contributed by atoms with Crippen LogP contribution in [0.15, 0.2) is 0 Å². The number of hydrogen-bond acceptors (Lipinski definition) is 5. The first-order chi connectivity index (χ1) is 10.1. The average molecular weight is 407 g/mol. The van der Waals surface area contributed by atoms with Gasteiger partial charge in [0.25, 0.3) is 0 Å². The van der Waals surface area contributed by atoms with Crippen LogP contribution in [0, 0.1) is 11.3 Å². The zero-order valence-corrected chi connectivity index (χ0v) is 14.5. The summed E-state index contributed by atoms with van der Waals surface area (Å²) in [6.07, 6.45) is 5.54. The van der Waals surface area contributed by atoms with Gasteiger partial charge in [-0.3, -0.25) is 4.79 Å². The van der Waals surface area contributed by atoms with Crippen molar-refractivity contribution < 1.29 is 19.0 Å². The van der Waals surface area contributed by atoms with Crippen LogP contribution in [0.1, 0.15) is 44.9 Å². The maximum atomic E-state index is 11.3. The molecule has 0 amide bonds. The number of hydrogen-bond donors (Lipinski definition) is 0. The van der Waals surface area contributed by atoms with Gasteiger partial charge in [-0.2, -0.15) is 5.26 Å². The number of fused-ring (bicyclic) bond motifs is 1. The number of nitrogens with zero attached hydrogens (tertiary/aromatic N) is 1. The van der Waals surface area contributed by atoms with Gasteiger partial charge < -0.3 is 14.2 Å². The number of halogens is 1. The van der Waals surface area contributed by atoms with Crippen molar-refractivity contribution in [3.05, 3.63) is 0 Å². The molecule has 5 nitrogen and oxygen atoms in total. The van der Waals surface area contributed by atoms with Gasteiger partial charge in [0, 0.05) is 23.7 Å². The van der Waals surface area contributed by atoms with Crippen LogP contribution >= 0.6 is 22.6 Å². The number of esters is 1. The minimum absolute atomic E-state index is 0.0681. The van der Waals surface area contributed by atoms with E-state index in [9.17, 15) is 4.79 Å². The van der Waals surface area contributed by atoms with Crippen LogP contribution in [-0.2, 0) is 19.0 Å². The molecule has 3 unspecified atom stereocenters. The SMILES string of the molecule is COC(=O)CCC1CC2(CI)OC(CCC#N)CC[C@@H]2O1. The second kappa shape index (κ2) is 7.75. The van der Waals surface area contributed by atoms with Crippen molar-refractivity contribution in [2.24, 2.45) is 0 Å². The number of carbonyl (C=O) groups is 1. The van der Waals surface area contributed by atoms with Crippen LogP contribution in [0.4, 0.5) is 0 Å². The van der Waals surface area contributed by atoms with E-state index in [4.69, 9.17) is 14.7 Å². The Morgan fingerprint density at radius 1 is 1.43 bits per heavy atom. The Morgan fingerprint density at radius 3 is 2.90 bits per heavy atom. The molecule has 6 heteroatoms. The Morgan fingerprint density at radius 2 is 2.24 bits per heavy atom. The van der Waals surface area contributed by atoms with Crippen LogP contribution < -0.4 is 0 Å². The molecule has 4 atom stereocenters. The quantitative estimate of drug-likeness (QED) is 0.385. The van der Waals surface area contributed by atoms with Gasteiger partial charge >= 0.3 is 5.97 Å². The lowest BCUT2D eigenvalue weighted by atomic mass is 9.87. The number of methoxy groups -OCH3 is 1. The monoisotopic (exact) mass is 407 g/mol. The van der Waals surface area contributed by atoms with Gasteiger partial charge in [0.05, 0.1) is 31.5 Å². The van der Waals surface area contributed by atoms with Gasteiger partial charge in [-0.25, -0.2) is 0 Å². The van der Waals surface area contributed by atoms with Crippen LogP contribution in [0.25, 0.3) is 0 Å². The van der Waals surface area contributed by atoms with E-state index in [1.54, 1.807) is 0 Å². The fraction of sp³-hybridized carbons (Fsp3) is 0.867. The van der Waals surface area contributed by atoms with Crippen molar-refractivity contribution >= 4 is 28.6 Å². The third-order valence-electron chi connectivity index (χ3n) is 4.37. The Kier molecular flexibility index (Phi) is 6.26.